The summed E-state index contributed by atoms with van der Waals surface area (Å²) in [6.07, 6.45) is 0. The van der Waals surface area contributed by atoms with Gasteiger partial charge in [-0.25, -0.2) is 4.79 Å². The first-order valence-electron chi connectivity index (χ1n) is 9.45. The van der Waals surface area contributed by atoms with Crippen molar-refractivity contribution < 1.29 is 4.79 Å². The van der Waals surface area contributed by atoms with Crippen molar-refractivity contribution in [2.24, 2.45) is 0 Å². The van der Waals surface area contributed by atoms with Gasteiger partial charge < -0.3 is 15.2 Å². The Kier molecular flexibility index (Phi) is 5.88. The van der Waals surface area contributed by atoms with E-state index < -0.39 is 0 Å². The average molecular weight is 438 g/mol. The van der Waals surface area contributed by atoms with Crippen LogP contribution in [0, 0.1) is 6.92 Å². The minimum absolute atomic E-state index is 0.174. The fourth-order valence-electron chi connectivity index (χ4n) is 3.23. The Morgan fingerprint density at radius 3 is 2.70 bits per heavy atom. The maximum Gasteiger partial charge on any atom is 0.322 e. The predicted molar refractivity (Wildman–Crippen MR) is 123 cm³/mol. The van der Waals surface area contributed by atoms with Crippen molar-refractivity contribution in [1.29, 1.82) is 0 Å². The van der Waals surface area contributed by atoms with E-state index in [1.165, 1.54) is 0 Å². The lowest BCUT2D eigenvalue weighted by Crippen LogP contribution is -2.35. The van der Waals surface area contributed by atoms with Crippen molar-refractivity contribution in [3.05, 3.63) is 97.4 Å². The highest BCUT2D eigenvalue weighted by atomic mass is 35.5. The first-order valence-corrected chi connectivity index (χ1v) is 10.7. The molecule has 2 amide bonds. The van der Waals surface area contributed by atoms with Crippen molar-refractivity contribution >= 4 is 45.6 Å². The van der Waals surface area contributed by atoms with E-state index in [4.69, 9.17) is 11.6 Å². The number of pyridine rings is 1. The molecule has 0 spiro atoms. The third-order valence-corrected chi connectivity index (χ3v) is 5.96. The number of para-hydroxylation sites is 1. The zero-order valence-corrected chi connectivity index (χ0v) is 17.9. The molecule has 2 aromatic carbocycles. The molecule has 0 saturated carbocycles. The van der Waals surface area contributed by atoms with Gasteiger partial charge in [0.25, 0.3) is 5.56 Å². The lowest BCUT2D eigenvalue weighted by molar-refractivity contribution is 0.207. The van der Waals surface area contributed by atoms with Crippen LogP contribution < -0.4 is 10.9 Å². The Morgan fingerprint density at radius 2 is 1.93 bits per heavy atom. The van der Waals surface area contributed by atoms with Crippen LogP contribution in [0.25, 0.3) is 10.9 Å². The molecule has 0 aliphatic carbocycles. The number of hydrogen-bond acceptors (Lipinski definition) is 3. The number of rotatable bonds is 5. The fourth-order valence-corrected chi connectivity index (χ4v) is 4.13. The van der Waals surface area contributed by atoms with Crippen LogP contribution >= 0.6 is 22.9 Å². The van der Waals surface area contributed by atoms with Gasteiger partial charge in [-0.2, -0.15) is 0 Å². The lowest BCUT2D eigenvalue weighted by Gasteiger charge is -2.23. The van der Waals surface area contributed by atoms with Gasteiger partial charge in [-0.3, -0.25) is 4.79 Å². The van der Waals surface area contributed by atoms with Gasteiger partial charge in [0.2, 0.25) is 0 Å². The summed E-state index contributed by atoms with van der Waals surface area (Å²) in [6.45, 7) is 2.54. The van der Waals surface area contributed by atoms with Crippen LogP contribution in [-0.2, 0) is 13.1 Å². The van der Waals surface area contributed by atoms with Gasteiger partial charge in [0.05, 0.1) is 23.8 Å². The molecule has 0 atom stereocenters. The number of amides is 2. The first kappa shape index (κ1) is 20.2. The summed E-state index contributed by atoms with van der Waals surface area (Å²) in [5.41, 5.74) is 2.72. The lowest BCUT2D eigenvalue weighted by atomic mass is 10.1. The van der Waals surface area contributed by atoms with Crippen molar-refractivity contribution in [2.45, 2.75) is 20.0 Å². The number of thiophene rings is 1. The Bertz CT molecular complexity index is 1250. The molecule has 4 rings (SSSR count). The third kappa shape index (κ3) is 4.56. The van der Waals surface area contributed by atoms with Gasteiger partial charge in [-0.05, 0) is 53.6 Å². The molecule has 7 heteroatoms. The average Bonchev–Trinajstić information content (AvgIpc) is 3.23. The maximum atomic E-state index is 13.1. The number of benzene rings is 2. The number of aryl methyl sites for hydroxylation is 1. The van der Waals surface area contributed by atoms with Gasteiger partial charge in [-0.15, -0.1) is 11.3 Å². The smallest absolute Gasteiger partial charge is 0.322 e. The van der Waals surface area contributed by atoms with E-state index in [1.807, 2.05) is 48.7 Å². The number of carbonyl (C=O) groups excluding carboxylic acids is 1. The van der Waals surface area contributed by atoms with E-state index in [2.05, 4.69) is 10.3 Å². The topological polar surface area (TPSA) is 65.2 Å². The molecule has 4 aromatic rings. The minimum Gasteiger partial charge on any atom is -0.322 e. The third-order valence-electron chi connectivity index (χ3n) is 4.77. The molecule has 5 nitrogen and oxygen atoms in total. The van der Waals surface area contributed by atoms with Crippen LogP contribution in [0.4, 0.5) is 10.5 Å². The number of aromatic nitrogens is 1. The number of fused-ring (bicyclic) bond motifs is 1. The molecule has 0 bridgehead atoms. The minimum atomic E-state index is -0.320. The Labute approximate surface area is 182 Å². The molecular formula is C23H20ClN3O2S. The Morgan fingerprint density at radius 1 is 1.10 bits per heavy atom. The second-order valence-electron chi connectivity index (χ2n) is 7.06. The highest BCUT2D eigenvalue weighted by Gasteiger charge is 2.18. The summed E-state index contributed by atoms with van der Waals surface area (Å²) in [5.74, 6) is 0. The molecule has 0 saturated heterocycles. The van der Waals surface area contributed by atoms with Crippen molar-refractivity contribution in [1.82, 2.24) is 9.88 Å². The summed E-state index contributed by atoms with van der Waals surface area (Å²) in [7, 11) is 0. The second kappa shape index (κ2) is 8.73. The van der Waals surface area contributed by atoms with Gasteiger partial charge in [-0.1, -0.05) is 41.9 Å². The van der Waals surface area contributed by atoms with Gasteiger partial charge >= 0.3 is 6.03 Å². The summed E-state index contributed by atoms with van der Waals surface area (Å²) in [4.78, 5) is 31.3. The Balaban J connectivity index is 1.64. The van der Waals surface area contributed by atoms with E-state index in [0.29, 0.717) is 22.8 Å². The Hall–Kier alpha value is -3.09. The van der Waals surface area contributed by atoms with Gasteiger partial charge in [0, 0.05) is 16.0 Å². The zero-order chi connectivity index (χ0) is 21.1. The van der Waals surface area contributed by atoms with Crippen molar-refractivity contribution in [3.63, 3.8) is 0 Å². The number of nitrogens with one attached hydrogen (secondary N) is 2. The molecule has 0 aliphatic rings. The SMILES string of the molecule is Cc1ccc2cc(CN(Cc3cccs3)C(=O)Nc3ccccc3Cl)c(=O)[nH]c2c1. The maximum absolute atomic E-state index is 13.1. The van der Waals surface area contributed by atoms with Crippen LogP contribution in [-0.4, -0.2) is 15.9 Å². The molecule has 0 aliphatic heterocycles. The molecule has 2 N–H and O–H groups in total. The van der Waals surface area contributed by atoms with E-state index in [0.717, 1.165) is 21.3 Å². The number of halogens is 1. The van der Waals surface area contributed by atoms with Crippen LogP contribution in [0.2, 0.25) is 5.02 Å². The van der Waals surface area contributed by atoms with Crippen molar-refractivity contribution in [3.8, 4) is 0 Å². The molecule has 152 valence electrons. The molecule has 30 heavy (non-hydrogen) atoms. The standard InChI is InChI=1S/C23H20ClN3O2S/c1-15-8-9-16-12-17(22(28)25-21(16)11-15)13-27(14-18-5-4-10-30-18)23(29)26-20-7-3-2-6-19(20)24/h2-12H,13-14H2,1H3,(H,25,28)(H,26,29). The van der Waals surface area contributed by atoms with Crippen LogP contribution in [0.15, 0.2) is 70.8 Å². The summed E-state index contributed by atoms with van der Waals surface area (Å²) >= 11 is 7.76. The highest BCUT2D eigenvalue weighted by Crippen LogP contribution is 2.22. The molecule has 2 aromatic heterocycles. The summed E-state index contributed by atoms with van der Waals surface area (Å²) in [6, 6.07) is 18.4. The molecule has 0 fully saturated rings. The second-order valence-corrected chi connectivity index (χ2v) is 8.50. The number of hydrogen-bond donors (Lipinski definition) is 2. The van der Waals surface area contributed by atoms with Crippen LogP contribution in [0.1, 0.15) is 16.0 Å². The molecule has 2 heterocycles. The number of anilines is 1. The largest absolute Gasteiger partial charge is 0.322 e. The number of nitrogens with zero attached hydrogens (tertiary/aromatic N) is 1. The van der Waals surface area contributed by atoms with E-state index in [9.17, 15) is 9.59 Å². The summed E-state index contributed by atoms with van der Waals surface area (Å²) in [5, 5.41) is 6.21. The van der Waals surface area contributed by atoms with E-state index in [-0.39, 0.29) is 18.1 Å². The van der Waals surface area contributed by atoms with Gasteiger partial charge in [0.15, 0.2) is 0 Å². The van der Waals surface area contributed by atoms with Crippen molar-refractivity contribution in [2.75, 3.05) is 5.32 Å². The predicted octanol–water partition coefficient (Wildman–Crippen LogP) is 5.79. The normalized spacial score (nSPS) is 10.9. The monoisotopic (exact) mass is 437 g/mol. The van der Waals surface area contributed by atoms with Crippen LogP contribution in [0.5, 0.6) is 0 Å². The van der Waals surface area contributed by atoms with Gasteiger partial charge in [0.1, 0.15) is 0 Å². The number of carbonyl (C=O) groups is 1. The molecule has 0 radical (unpaired) electrons. The van der Waals surface area contributed by atoms with E-state index >= 15 is 0 Å². The molecular weight excluding hydrogens is 418 g/mol. The number of aromatic amines is 1. The van der Waals surface area contributed by atoms with Crippen LogP contribution in [0.3, 0.4) is 0 Å². The quantitative estimate of drug-likeness (QED) is 0.415. The zero-order valence-electron chi connectivity index (χ0n) is 16.3. The fraction of sp³-hybridized carbons (Fsp3) is 0.130. The molecule has 0 unspecified atom stereocenters. The summed E-state index contributed by atoms with van der Waals surface area (Å²) < 4.78 is 0. The van der Waals surface area contributed by atoms with E-state index in [1.54, 1.807) is 40.5 Å². The highest BCUT2D eigenvalue weighted by molar-refractivity contribution is 7.09. The number of urea groups is 1. The first-order chi connectivity index (χ1) is 14.5. The number of H-pyrrole nitrogens is 1.